The van der Waals surface area contributed by atoms with E-state index in [1.165, 1.54) is 7.11 Å². The summed E-state index contributed by atoms with van der Waals surface area (Å²) in [6, 6.07) is 6.69. The van der Waals surface area contributed by atoms with Crippen molar-refractivity contribution in [1.82, 2.24) is 4.98 Å². The fourth-order valence-electron chi connectivity index (χ4n) is 1.81. The predicted octanol–water partition coefficient (Wildman–Crippen LogP) is 2.02. The molecule has 2 rings (SSSR count). The van der Waals surface area contributed by atoms with Gasteiger partial charge in [-0.05, 0) is 11.6 Å². The minimum absolute atomic E-state index is 0.250. The van der Waals surface area contributed by atoms with Crippen LogP contribution in [-0.4, -0.2) is 24.1 Å². The number of carbonyl (C=O) groups is 1. The molecule has 0 fully saturated rings. The van der Waals surface area contributed by atoms with Crippen LogP contribution in [0.5, 0.6) is 0 Å². The third-order valence-corrected chi connectivity index (χ3v) is 2.69. The Kier molecular flexibility index (Phi) is 3.18. The highest BCUT2D eigenvalue weighted by Gasteiger charge is 2.21. The van der Waals surface area contributed by atoms with Crippen molar-refractivity contribution in [3.8, 4) is 0 Å². The molecule has 1 aromatic carbocycles. The summed E-state index contributed by atoms with van der Waals surface area (Å²) in [5, 5.41) is 3.79. The van der Waals surface area contributed by atoms with E-state index in [0.29, 0.717) is 0 Å². The number of ether oxygens (including phenoxy) is 1. The fourth-order valence-corrected chi connectivity index (χ4v) is 1.81. The second kappa shape index (κ2) is 4.78. The lowest BCUT2D eigenvalue weighted by Gasteiger charge is -2.05. The number of nitrogens with one attached hydrogen (secondary N) is 1. The smallest absolute Gasteiger partial charge is 0.334 e. The second-order valence-electron chi connectivity index (χ2n) is 3.71. The lowest BCUT2D eigenvalue weighted by atomic mass is 10.1. The number of aromatic nitrogens is 1. The van der Waals surface area contributed by atoms with Gasteiger partial charge in [0, 0.05) is 23.5 Å². The molecule has 0 aliphatic carbocycles. The number of fused-ring (bicyclic) bond motifs is 1. The second-order valence-corrected chi connectivity index (χ2v) is 3.71. The number of aromatic amines is 1. The Morgan fingerprint density at radius 2 is 2.24 bits per heavy atom. The molecular formula is C12H12N2O3. The van der Waals surface area contributed by atoms with E-state index in [1.54, 1.807) is 6.20 Å². The zero-order chi connectivity index (χ0) is 12.3. The van der Waals surface area contributed by atoms with Crippen LogP contribution in [0.2, 0.25) is 0 Å². The summed E-state index contributed by atoms with van der Waals surface area (Å²) >= 11 is 0. The molecular weight excluding hydrogens is 220 g/mol. The summed E-state index contributed by atoms with van der Waals surface area (Å²) in [5.74, 6) is -0.606. The number of methoxy groups -OCH3 is 1. The Labute approximate surface area is 97.8 Å². The normalized spacial score (nSPS) is 12.3. The number of nitroso groups, excluding NO2 is 1. The third kappa shape index (κ3) is 2.18. The van der Waals surface area contributed by atoms with Gasteiger partial charge in [-0.1, -0.05) is 23.4 Å². The fraction of sp³-hybridized carbons (Fsp3) is 0.250. The number of para-hydroxylation sites is 1. The molecule has 1 heterocycles. The van der Waals surface area contributed by atoms with Gasteiger partial charge in [0.2, 0.25) is 0 Å². The molecule has 0 spiro atoms. The van der Waals surface area contributed by atoms with Crippen molar-refractivity contribution in [3.63, 3.8) is 0 Å². The number of hydrogen-bond acceptors (Lipinski definition) is 4. The number of esters is 1. The highest BCUT2D eigenvalue weighted by atomic mass is 16.5. The van der Waals surface area contributed by atoms with E-state index < -0.39 is 12.0 Å². The van der Waals surface area contributed by atoms with E-state index >= 15 is 0 Å². The van der Waals surface area contributed by atoms with Gasteiger partial charge < -0.3 is 9.72 Å². The number of nitrogens with zero attached hydrogens (tertiary/aromatic N) is 1. The van der Waals surface area contributed by atoms with Crippen molar-refractivity contribution >= 4 is 16.9 Å². The minimum Gasteiger partial charge on any atom is -0.467 e. The SMILES string of the molecule is COC(=O)C(Cc1c[nH]c2ccccc12)N=O. The summed E-state index contributed by atoms with van der Waals surface area (Å²) in [7, 11) is 1.25. The molecule has 5 heteroatoms. The highest BCUT2D eigenvalue weighted by molar-refractivity contribution is 5.84. The third-order valence-electron chi connectivity index (χ3n) is 2.69. The summed E-state index contributed by atoms with van der Waals surface area (Å²) in [4.78, 5) is 25.0. The molecule has 0 bridgehead atoms. The van der Waals surface area contributed by atoms with Crippen LogP contribution < -0.4 is 0 Å². The first kappa shape index (κ1) is 11.3. The van der Waals surface area contributed by atoms with Crippen LogP contribution in [0.1, 0.15) is 5.56 Å². The first-order valence-electron chi connectivity index (χ1n) is 5.21. The molecule has 0 saturated carbocycles. The van der Waals surface area contributed by atoms with Crippen LogP contribution in [0, 0.1) is 4.91 Å². The van der Waals surface area contributed by atoms with E-state index in [-0.39, 0.29) is 6.42 Å². The maximum Gasteiger partial charge on any atom is 0.334 e. The van der Waals surface area contributed by atoms with Crippen LogP contribution in [0.3, 0.4) is 0 Å². The van der Waals surface area contributed by atoms with Gasteiger partial charge in [-0.2, -0.15) is 0 Å². The van der Waals surface area contributed by atoms with Crippen molar-refractivity contribution in [1.29, 1.82) is 0 Å². The van der Waals surface area contributed by atoms with E-state index in [0.717, 1.165) is 16.5 Å². The lowest BCUT2D eigenvalue weighted by molar-refractivity contribution is -0.142. The Morgan fingerprint density at radius 3 is 2.94 bits per heavy atom. The van der Waals surface area contributed by atoms with Gasteiger partial charge in [0.05, 0.1) is 7.11 Å². The first-order chi connectivity index (χ1) is 8.26. The predicted molar refractivity (Wildman–Crippen MR) is 63.6 cm³/mol. The monoisotopic (exact) mass is 232 g/mol. The van der Waals surface area contributed by atoms with Crippen molar-refractivity contribution in [2.24, 2.45) is 5.18 Å². The number of rotatable bonds is 4. The molecule has 1 atom stereocenters. The molecule has 1 aromatic heterocycles. The molecule has 0 aliphatic heterocycles. The lowest BCUT2D eigenvalue weighted by Crippen LogP contribution is -2.22. The van der Waals surface area contributed by atoms with Gasteiger partial charge >= 0.3 is 5.97 Å². The average molecular weight is 232 g/mol. The molecule has 0 amide bonds. The van der Waals surface area contributed by atoms with E-state index in [1.807, 2.05) is 24.3 Å². The van der Waals surface area contributed by atoms with Gasteiger partial charge in [0.15, 0.2) is 6.04 Å². The molecule has 1 unspecified atom stereocenters. The Balaban J connectivity index is 2.28. The van der Waals surface area contributed by atoms with Crippen LogP contribution in [0.25, 0.3) is 10.9 Å². The van der Waals surface area contributed by atoms with E-state index in [2.05, 4.69) is 14.9 Å². The first-order valence-corrected chi connectivity index (χ1v) is 5.21. The van der Waals surface area contributed by atoms with E-state index in [4.69, 9.17) is 0 Å². The minimum atomic E-state index is -0.987. The van der Waals surface area contributed by atoms with Crippen molar-refractivity contribution in [2.75, 3.05) is 7.11 Å². The van der Waals surface area contributed by atoms with Crippen LogP contribution in [0.4, 0.5) is 0 Å². The summed E-state index contributed by atoms with van der Waals surface area (Å²) in [6.45, 7) is 0. The molecule has 0 saturated heterocycles. The van der Waals surface area contributed by atoms with Gasteiger partial charge in [-0.25, -0.2) is 4.79 Å². The number of benzene rings is 1. The Hall–Kier alpha value is -2.17. The van der Waals surface area contributed by atoms with Crippen molar-refractivity contribution in [2.45, 2.75) is 12.5 Å². The van der Waals surface area contributed by atoms with Crippen LogP contribution >= 0.6 is 0 Å². The maximum atomic E-state index is 11.3. The summed E-state index contributed by atoms with van der Waals surface area (Å²) in [6.07, 6.45) is 2.03. The molecule has 0 aliphatic rings. The molecule has 2 aromatic rings. The average Bonchev–Trinajstić information content (AvgIpc) is 2.78. The highest BCUT2D eigenvalue weighted by Crippen LogP contribution is 2.20. The van der Waals surface area contributed by atoms with Crippen molar-refractivity contribution < 1.29 is 9.53 Å². The Morgan fingerprint density at radius 1 is 1.47 bits per heavy atom. The zero-order valence-corrected chi connectivity index (χ0v) is 9.34. The number of H-pyrrole nitrogens is 1. The van der Waals surface area contributed by atoms with Crippen LogP contribution in [0.15, 0.2) is 35.6 Å². The quantitative estimate of drug-likeness (QED) is 0.647. The summed E-state index contributed by atoms with van der Waals surface area (Å²) in [5.41, 5.74) is 1.85. The van der Waals surface area contributed by atoms with Crippen molar-refractivity contribution in [3.05, 3.63) is 40.9 Å². The van der Waals surface area contributed by atoms with Gasteiger partial charge in [0.25, 0.3) is 0 Å². The number of hydrogen-bond donors (Lipinski definition) is 1. The molecule has 5 nitrogen and oxygen atoms in total. The van der Waals surface area contributed by atoms with Gasteiger partial charge in [-0.15, -0.1) is 4.91 Å². The number of carbonyl (C=O) groups excluding carboxylic acids is 1. The zero-order valence-electron chi connectivity index (χ0n) is 9.34. The molecule has 1 N–H and O–H groups in total. The van der Waals surface area contributed by atoms with Gasteiger partial charge in [-0.3, -0.25) is 0 Å². The van der Waals surface area contributed by atoms with E-state index in [9.17, 15) is 9.70 Å². The molecule has 17 heavy (non-hydrogen) atoms. The van der Waals surface area contributed by atoms with Gasteiger partial charge in [0.1, 0.15) is 0 Å². The maximum absolute atomic E-state index is 11.3. The largest absolute Gasteiger partial charge is 0.467 e. The standard InChI is InChI=1S/C12H12N2O3/c1-17-12(15)11(14-16)6-8-7-13-10-5-3-2-4-9(8)10/h2-5,7,11,13H,6H2,1H3. The summed E-state index contributed by atoms with van der Waals surface area (Å²) < 4.78 is 4.52. The van der Waals surface area contributed by atoms with Crippen LogP contribution in [-0.2, 0) is 16.0 Å². The molecule has 0 radical (unpaired) electrons. The molecule has 88 valence electrons. The topological polar surface area (TPSA) is 71.5 Å². The Bertz CT molecular complexity index is 547.